The number of H-pyrrole nitrogens is 1. The number of aromatic nitrogens is 5. The van der Waals surface area contributed by atoms with Crippen molar-refractivity contribution in [1.82, 2.24) is 35.7 Å². The van der Waals surface area contributed by atoms with Gasteiger partial charge in [-0.3, -0.25) is 4.79 Å². The number of anilines is 1. The molecular formula is C31H35FN8O3. The van der Waals surface area contributed by atoms with E-state index in [1.54, 1.807) is 13.0 Å². The topological polar surface area (TPSA) is 145 Å². The lowest BCUT2D eigenvalue weighted by Crippen LogP contribution is -2.43. The zero-order chi connectivity index (χ0) is 30.5. The number of benzene rings is 2. The van der Waals surface area contributed by atoms with Crippen LogP contribution in [0.1, 0.15) is 66.9 Å². The molecule has 0 aliphatic carbocycles. The highest BCUT2D eigenvalue weighted by Crippen LogP contribution is 2.37. The number of nitrogens with zero attached hydrogens (tertiary/aromatic N) is 5. The maximum absolute atomic E-state index is 15.9. The number of fused-ring (bicyclic) bond motifs is 3. The lowest BCUT2D eigenvalue weighted by molar-refractivity contribution is 0.0895. The number of carbonyl (C=O) groups is 1. The molecule has 0 unspecified atom stereocenters. The Morgan fingerprint density at radius 3 is 2.65 bits per heavy atom. The van der Waals surface area contributed by atoms with Crippen molar-refractivity contribution >= 4 is 33.5 Å². The van der Waals surface area contributed by atoms with Gasteiger partial charge in [-0.25, -0.2) is 14.4 Å². The predicted octanol–water partition coefficient (Wildman–Crippen LogP) is 4.30. The Bertz CT molecular complexity index is 1830. The number of aryl methyl sites for hydroxylation is 1. The van der Waals surface area contributed by atoms with Gasteiger partial charge in [0.2, 0.25) is 0 Å². The van der Waals surface area contributed by atoms with Gasteiger partial charge in [0.05, 0.1) is 23.7 Å². The van der Waals surface area contributed by atoms with Crippen LogP contribution in [-0.2, 0) is 12.0 Å². The van der Waals surface area contributed by atoms with Gasteiger partial charge in [-0.1, -0.05) is 25.9 Å². The third-order valence-corrected chi connectivity index (χ3v) is 7.92. The van der Waals surface area contributed by atoms with Gasteiger partial charge in [-0.2, -0.15) is 4.98 Å². The van der Waals surface area contributed by atoms with Gasteiger partial charge in [-0.15, -0.1) is 0 Å². The van der Waals surface area contributed by atoms with Crippen LogP contribution in [0.15, 0.2) is 35.1 Å². The van der Waals surface area contributed by atoms with Gasteiger partial charge in [0.25, 0.3) is 0 Å². The van der Waals surface area contributed by atoms with Crippen LogP contribution < -0.4 is 15.5 Å². The van der Waals surface area contributed by atoms with Crippen LogP contribution >= 0.6 is 0 Å². The molecule has 6 rings (SSSR count). The van der Waals surface area contributed by atoms with E-state index in [0.717, 1.165) is 48.3 Å². The van der Waals surface area contributed by atoms with Crippen molar-refractivity contribution in [2.45, 2.75) is 52.7 Å². The quantitative estimate of drug-likeness (QED) is 0.229. The second kappa shape index (κ2) is 11.0. The Labute approximate surface area is 247 Å². The Balaban J connectivity index is 1.36. The SMILES string of the molecule is Cc1cc2c(cc1N1CCNCC1)[nH]c1ncnc(-c3cc(CO)c([C@@H](C)NC(=O)c4nc(C(C)(C)C)no4)cc3F)c12. The average molecular weight is 587 g/mol. The second-order valence-corrected chi connectivity index (χ2v) is 12.0. The zero-order valence-corrected chi connectivity index (χ0v) is 24.9. The van der Waals surface area contributed by atoms with E-state index in [2.05, 4.69) is 59.7 Å². The molecule has 4 heterocycles. The number of aromatic amines is 1. The van der Waals surface area contributed by atoms with Crippen LogP contribution in [0.3, 0.4) is 0 Å². The minimum Gasteiger partial charge on any atom is -0.392 e. The van der Waals surface area contributed by atoms with Crippen LogP contribution in [0.25, 0.3) is 33.2 Å². The van der Waals surface area contributed by atoms with Gasteiger partial charge in [0.1, 0.15) is 17.8 Å². The number of nitrogens with one attached hydrogen (secondary N) is 3. The maximum Gasteiger partial charge on any atom is 0.315 e. The van der Waals surface area contributed by atoms with Crippen LogP contribution in [0.2, 0.25) is 0 Å². The number of hydrogen-bond acceptors (Lipinski definition) is 9. The van der Waals surface area contributed by atoms with Crippen molar-refractivity contribution in [3.63, 3.8) is 0 Å². The Kier molecular flexibility index (Phi) is 7.35. The Hall–Kier alpha value is -4.42. The molecule has 1 aliphatic heterocycles. The number of rotatable bonds is 6. The Morgan fingerprint density at radius 1 is 1.19 bits per heavy atom. The van der Waals surface area contributed by atoms with Crippen molar-refractivity contribution in [2.24, 2.45) is 0 Å². The number of hydrogen-bond donors (Lipinski definition) is 4. The lowest BCUT2D eigenvalue weighted by atomic mass is 9.95. The molecule has 3 aromatic heterocycles. The van der Waals surface area contributed by atoms with Crippen LogP contribution in [0.4, 0.5) is 10.1 Å². The molecule has 11 nitrogen and oxygen atoms in total. The summed E-state index contributed by atoms with van der Waals surface area (Å²) in [5.74, 6) is -0.904. The molecule has 2 aromatic carbocycles. The van der Waals surface area contributed by atoms with E-state index in [-0.39, 0.29) is 23.5 Å². The first-order chi connectivity index (χ1) is 20.5. The molecule has 1 saturated heterocycles. The fourth-order valence-electron chi connectivity index (χ4n) is 5.63. The number of aliphatic hydroxyl groups is 1. The minimum absolute atomic E-state index is 0.183. The number of halogens is 1. The van der Waals surface area contributed by atoms with E-state index in [1.165, 1.54) is 12.4 Å². The van der Waals surface area contributed by atoms with E-state index in [4.69, 9.17) is 4.52 Å². The summed E-state index contributed by atoms with van der Waals surface area (Å²) >= 11 is 0. The van der Waals surface area contributed by atoms with Crippen LogP contribution in [-0.4, -0.2) is 62.3 Å². The third-order valence-electron chi connectivity index (χ3n) is 7.92. The molecule has 1 aliphatic rings. The summed E-state index contributed by atoms with van der Waals surface area (Å²) in [6, 6.07) is 6.47. The summed E-state index contributed by atoms with van der Waals surface area (Å²) in [6.45, 7) is 12.8. The largest absolute Gasteiger partial charge is 0.392 e. The summed E-state index contributed by atoms with van der Waals surface area (Å²) in [4.78, 5) is 31.7. The molecular weight excluding hydrogens is 551 g/mol. The van der Waals surface area contributed by atoms with Gasteiger partial charge in [0, 0.05) is 53.7 Å². The molecule has 4 N–H and O–H groups in total. The standard InChI is InChI=1S/C31H35FN8O3/c1-16-10-21-23(13-24(16)40-8-6-33-7-9-40)37-27-25(21)26(34-15-35-27)20-11-18(14-41)19(12-22(20)32)17(2)36-28(42)29-38-30(39-43-29)31(3,4)5/h10-13,15,17,33,41H,6-9,14H2,1-5H3,(H,36,42)(H,34,35,37)/t17-/m1/s1. The van der Waals surface area contributed by atoms with Crippen molar-refractivity contribution in [2.75, 3.05) is 31.1 Å². The van der Waals surface area contributed by atoms with Crippen molar-refractivity contribution in [3.05, 3.63) is 64.8 Å². The van der Waals surface area contributed by atoms with Crippen molar-refractivity contribution in [1.29, 1.82) is 0 Å². The van der Waals surface area contributed by atoms with E-state index in [1.807, 2.05) is 20.8 Å². The fraction of sp³-hybridized carbons (Fsp3) is 0.387. The molecule has 1 amide bonds. The van der Waals surface area contributed by atoms with Crippen LogP contribution in [0.5, 0.6) is 0 Å². The molecule has 224 valence electrons. The van der Waals surface area contributed by atoms with Gasteiger partial charge >= 0.3 is 11.8 Å². The van der Waals surface area contributed by atoms with Crippen molar-refractivity contribution in [3.8, 4) is 11.3 Å². The van der Waals surface area contributed by atoms with Gasteiger partial charge in [-0.05, 0) is 54.8 Å². The second-order valence-electron chi connectivity index (χ2n) is 12.0. The minimum atomic E-state index is -0.659. The molecule has 5 aromatic rings. The van der Waals surface area contributed by atoms with E-state index in [9.17, 15) is 9.90 Å². The molecule has 1 atom stereocenters. The van der Waals surface area contributed by atoms with Gasteiger partial charge < -0.3 is 30.1 Å². The molecule has 0 bridgehead atoms. The highest BCUT2D eigenvalue weighted by Gasteiger charge is 2.26. The van der Waals surface area contributed by atoms with Crippen LogP contribution in [0, 0.1) is 12.7 Å². The average Bonchev–Trinajstić information content (AvgIpc) is 3.63. The molecule has 0 radical (unpaired) electrons. The van der Waals surface area contributed by atoms with Gasteiger partial charge in [0.15, 0.2) is 5.82 Å². The first-order valence-electron chi connectivity index (χ1n) is 14.4. The number of piperazine rings is 1. The molecule has 12 heteroatoms. The molecule has 0 saturated carbocycles. The monoisotopic (exact) mass is 586 g/mol. The predicted molar refractivity (Wildman–Crippen MR) is 161 cm³/mol. The summed E-state index contributed by atoms with van der Waals surface area (Å²) in [5, 5.41) is 21.9. The van der Waals surface area contributed by atoms with E-state index < -0.39 is 17.8 Å². The maximum atomic E-state index is 15.9. The number of aliphatic hydroxyl groups excluding tert-OH is 1. The first kappa shape index (κ1) is 28.7. The smallest absolute Gasteiger partial charge is 0.315 e. The molecule has 1 fully saturated rings. The highest BCUT2D eigenvalue weighted by molar-refractivity contribution is 6.13. The summed E-state index contributed by atoms with van der Waals surface area (Å²) < 4.78 is 21.1. The summed E-state index contributed by atoms with van der Waals surface area (Å²) in [5.41, 5.74) is 4.89. The lowest BCUT2D eigenvalue weighted by Gasteiger charge is -2.30. The summed E-state index contributed by atoms with van der Waals surface area (Å²) in [6.07, 6.45) is 1.40. The fourth-order valence-corrected chi connectivity index (χ4v) is 5.63. The van der Waals surface area contributed by atoms with E-state index >= 15 is 4.39 Å². The molecule has 43 heavy (non-hydrogen) atoms. The van der Waals surface area contributed by atoms with E-state index in [0.29, 0.717) is 33.7 Å². The number of amides is 1. The Morgan fingerprint density at radius 2 is 1.95 bits per heavy atom. The highest BCUT2D eigenvalue weighted by atomic mass is 19.1. The first-order valence-corrected chi connectivity index (χ1v) is 14.4. The molecule has 0 spiro atoms. The number of carbonyl (C=O) groups excluding carboxylic acids is 1. The van der Waals surface area contributed by atoms with Crippen molar-refractivity contribution < 1.29 is 18.8 Å². The summed E-state index contributed by atoms with van der Waals surface area (Å²) in [7, 11) is 0. The third kappa shape index (κ3) is 5.32. The normalized spacial score (nSPS) is 14.9. The zero-order valence-electron chi connectivity index (χ0n) is 24.9.